The van der Waals surface area contributed by atoms with Gasteiger partial charge in [0.15, 0.2) is 11.3 Å². The van der Waals surface area contributed by atoms with E-state index in [0.717, 1.165) is 4.90 Å². The van der Waals surface area contributed by atoms with Gasteiger partial charge < -0.3 is 19.8 Å². The fraction of sp³-hybridized carbons (Fsp3) is 0.842. The van der Waals surface area contributed by atoms with Crippen LogP contribution in [0.5, 0.6) is 0 Å². The number of Topliss-reactive ketones (excluding diaryl/α,β-unsaturated/α-hetero) is 1. The Kier molecular flexibility index (Phi) is 7.80. The second-order valence-corrected chi connectivity index (χ2v) is 8.49. The Morgan fingerprint density at radius 3 is 2.22 bits per heavy atom. The van der Waals surface area contributed by atoms with Crippen LogP contribution in [0.1, 0.15) is 54.4 Å². The monoisotopic (exact) mass is 386 g/mol. The molecule has 0 aliphatic carbocycles. The van der Waals surface area contributed by atoms with Crippen molar-refractivity contribution in [3.05, 3.63) is 0 Å². The zero-order chi connectivity index (χ0) is 21.0. The van der Waals surface area contributed by atoms with Crippen LogP contribution in [0.15, 0.2) is 0 Å². The molecular formula is C19H34N2O6. The number of carbonyl (C=O) groups excluding carboxylic acids is 3. The highest BCUT2D eigenvalue weighted by atomic mass is 16.6. The third-order valence-electron chi connectivity index (χ3n) is 4.70. The molecule has 0 radical (unpaired) electrons. The fourth-order valence-corrected chi connectivity index (χ4v) is 3.53. The second kappa shape index (κ2) is 9.01. The molecule has 1 fully saturated rings. The first kappa shape index (κ1) is 23.4. The number of aliphatic hydroxyl groups excluding tert-OH is 2. The van der Waals surface area contributed by atoms with Crippen molar-refractivity contribution < 1.29 is 29.3 Å². The number of ether oxygens (including phenoxy) is 1. The number of hydrogen-bond acceptors (Lipinski definition) is 6. The van der Waals surface area contributed by atoms with E-state index >= 15 is 0 Å². The van der Waals surface area contributed by atoms with Gasteiger partial charge in [-0.25, -0.2) is 4.79 Å². The third-order valence-corrected chi connectivity index (χ3v) is 4.70. The quantitative estimate of drug-likeness (QED) is 0.636. The zero-order valence-electron chi connectivity index (χ0n) is 17.3. The summed E-state index contributed by atoms with van der Waals surface area (Å²) in [6.07, 6.45) is -0.401. The molecule has 8 nitrogen and oxygen atoms in total. The number of ketones is 1. The smallest absolute Gasteiger partial charge is 0.411 e. The number of nitrogens with zero attached hydrogens (tertiary/aromatic N) is 2. The molecule has 0 aromatic heterocycles. The summed E-state index contributed by atoms with van der Waals surface area (Å²) < 4.78 is 5.40. The van der Waals surface area contributed by atoms with Gasteiger partial charge >= 0.3 is 6.09 Å². The zero-order valence-corrected chi connectivity index (χ0v) is 17.3. The molecule has 0 aromatic rings. The molecule has 1 aliphatic heterocycles. The summed E-state index contributed by atoms with van der Waals surface area (Å²) in [6, 6.07) is -0.448. The van der Waals surface area contributed by atoms with Gasteiger partial charge in [0.05, 0.1) is 12.6 Å². The van der Waals surface area contributed by atoms with Crippen molar-refractivity contribution in [2.75, 3.05) is 26.3 Å². The minimum atomic E-state index is -1.82. The molecule has 0 spiro atoms. The lowest BCUT2D eigenvalue weighted by molar-refractivity contribution is -0.162. The number of aliphatic hydroxyl groups is 2. The Hall–Kier alpha value is -1.67. The van der Waals surface area contributed by atoms with E-state index in [2.05, 4.69) is 0 Å². The molecule has 0 aromatic carbocycles. The van der Waals surface area contributed by atoms with Crippen LogP contribution in [0.2, 0.25) is 0 Å². The van der Waals surface area contributed by atoms with E-state index in [1.54, 1.807) is 20.8 Å². The number of carbonyl (C=O) groups is 3. The van der Waals surface area contributed by atoms with E-state index in [1.165, 1.54) is 11.8 Å². The highest BCUT2D eigenvalue weighted by Gasteiger charge is 2.56. The summed E-state index contributed by atoms with van der Waals surface area (Å²) in [5.41, 5.74) is -2.61. The van der Waals surface area contributed by atoms with Crippen molar-refractivity contribution in [3.8, 4) is 0 Å². The molecular weight excluding hydrogens is 352 g/mol. The van der Waals surface area contributed by atoms with Crippen LogP contribution in [0.25, 0.3) is 0 Å². The van der Waals surface area contributed by atoms with Gasteiger partial charge in [0.25, 0.3) is 5.91 Å². The lowest BCUT2D eigenvalue weighted by Gasteiger charge is -2.49. The van der Waals surface area contributed by atoms with Crippen LogP contribution in [-0.4, -0.2) is 81.3 Å². The van der Waals surface area contributed by atoms with Crippen molar-refractivity contribution >= 4 is 17.8 Å². The van der Waals surface area contributed by atoms with Crippen molar-refractivity contribution in [1.29, 1.82) is 0 Å². The van der Waals surface area contributed by atoms with Gasteiger partial charge in [-0.2, -0.15) is 0 Å². The molecule has 1 aliphatic rings. The molecule has 0 saturated carbocycles. The molecule has 2 N–H and O–H groups in total. The molecule has 0 bridgehead atoms. The van der Waals surface area contributed by atoms with E-state index in [9.17, 15) is 24.6 Å². The standard InChI is InChI=1S/C19H34N2O6/c1-13(2)11-15(12-23)20-8-9-21(17(26)27-18(4,5)6)19(7-10-22,14(3)24)16(20)25/h13,15,22-23H,7-12H2,1-6H3/t15-,19?/m0/s1. The SMILES string of the molecule is CC(=O)C1(CCO)C(=O)N([C@H](CO)CC(C)C)CCN1C(=O)OC(C)(C)C. The topological polar surface area (TPSA) is 107 Å². The summed E-state index contributed by atoms with van der Waals surface area (Å²) in [4.78, 5) is 41.3. The van der Waals surface area contributed by atoms with Gasteiger partial charge in [-0.15, -0.1) is 0 Å². The molecule has 2 atom stereocenters. The predicted molar refractivity (Wildman–Crippen MR) is 100 cm³/mol. The minimum absolute atomic E-state index is 0.0921. The second-order valence-electron chi connectivity index (χ2n) is 8.49. The first-order valence-electron chi connectivity index (χ1n) is 9.45. The Morgan fingerprint density at radius 1 is 1.22 bits per heavy atom. The maximum Gasteiger partial charge on any atom is 0.411 e. The van der Waals surface area contributed by atoms with Crippen LogP contribution in [0.4, 0.5) is 4.79 Å². The fourth-order valence-electron chi connectivity index (χ4n) is 3.53. The first-order chi connectivity index (χ1) is 12.4. The molecule has 1 heterocycles. The van der Waals surface area contributed by atoms with Crippen LogP contribution < -0.4 is 0 Å². The molecule has 1 unspecified atom stereocenters. The molecule has 2 amide bonds. The van der Waals surface area contributed by atoms with Gasteiger partial charge in [-0.05, 0) is 40.0 Å². The Labute approximate surface area is 161 Å². The summed E-state index contributed by atoms with van der Waals surface area (Å²) in [5.74, 6) is -0.859. The molecule has 156 valence electrons. The van der Waals surface area contributed by atoms with Crippen molar-refractivity contribution in [1.82, 2.24) is 9.80 Å². The normalized spacial score (nSPS) is 22.2. The van der Waals surface area contributed by atoms with Crippen LogP contribution in [0.3, 0.4) is 0 Å². The maximum absolute atomic E-state index is 13.4. The first-order valence-corrected chi connectivity index (χ1v) is 9.45. The van der Waals surface area contributed by atoms with E-state index in [4.69, 9.17) is 4.74 Å². The molecule has 8 heteroatoms. The largest absolute Gasteiger partial charge is 0.444 e. The number of piperazine rings is 1. The summed E-state index contributed by atoms with van der Waals surface area (Å²) >= 11 is 0. The third kappa shape index (κ3) is 5.19. The highest BCUT2D eigenvalue weighted by molar-refractivity contribution is 6.12. The van der Waals surface area contributed by atoms with E-state index in [0.29, 0.717) is 6.42 Å². The lowest BCUT2D eigenvalue weighted by Crippen LogP contribution is -2.72. The van der Waals surface area contributed by atoms with Crippen molar-refractivity contribution in [2.24, 2.45) is 5.92 Å². The Balaban J connectivity index is 3.33. The summed E-state index contributed by atoms with van der Waals surface area (Å²) in [5, 5.41) is 19.3. The van der Waals surface area contributed by atoms with E-state index < -0.39 is 41.6 Å². The molecule has 1 saturated heterocycles. The van der Waals surface area contributed by atoms with Crippen LogP contribution in [0, 0.1) is 5.92 Å². The van der Waals surface area contributed by atoms with Crippen molar-refractivity contribution in [2.45, 2.75) is 71.6 Å². The average Bonchev–Trinajstić information content (AvgIpc) is 2.52. The Morgan fingerprint density at radius 2 is 1.81 bits per heavy atom. The van der Waals surface area contributed by atoms with Crippen molar-refractivity contribution in [3.63, 3.8) is 0 Å². The van der Waals surface area contributed by atoms with Gasteiger partial charge in [0.1, 0.15) is 5.60 Å². The average molecular weight is 386 g/mol. The van der Waals surface area contributed by atoms with Gasteiger partial charge in [-0.1, -0.05) is 13.8 Å². The summed E-state index contributed by atoms with van der Waals surface area (Å²) in [7, 11) is 0. The number of hydrogen-bond donors (Lipinski definition) is 2. The number of amides is 2. The van der Waals surface area contributed by atoms with Crippen LogP contribution >= 0.6 is 0 Å². The predicted octanol–water partition coefficient (Wildman–Crippen LogP) is 1.18. The van der Waals surface area contributed by atoms with Gasteiger partial charge in [0.2, 0.25) is 0 Å². The Bertz CT molecular complexity index is 557. The van der Waals surface area contributed by atoms with Gasteiger partial charge in [0, 0.05) is 26.1 Å². The maximum atomic E-state index is 13.4. The van der Waals surface area contributed by atoms with E-state index in [1.807, 2.05) is 13.8 Å². The highest BCUT2D eigenvalue weighted by Crippen LogP contribution is 2.32. The molecule has 1 rings (SSSR count). The summed E-state index contributed by atoms with van der Waals surface area (Å²) in [6.45, 7) is 9.93. The van der Waals surface area contributed by atoms with E-state index in [-0.39, 0.29) is 32.0 Å². The number of rotatable bonds is 7. The molecule has 27 heavy (non-hydrogen) atoms. The van der Waals surface area contributed by atoms with Gasteiger partial charge in [-0.3, -0.25) is 14.5 Å². The van der Waals surface area contributed by atoms with Crippen LogP contribution in [-0.2, 0) is 14.3 Å². The minimum Gasteiger partial charge on any atom is -0.444 e. The lowest BCUT2D eigenvalue weighted by atomic mass is 9.84.